The molecule has 0 amide bonds. The van der Waals surface area contributed by atoms with Crippen molar-refractivity contribution in [3.8, 4) is 0 Å². The molecule has 1 aliphatic carbocycles. The molecule has 0 radical (unpaired) electrons. The Morgan fingerprint density at radius 3 is 2.74 bits per heavy atom. The molecule has 0 aromatic heterocycles. The molecule has 0 bridgehead atoms. The molecule has 2 aliphatic rings. The Bertz CT molecular complexity index is 647. The third-order valence-corrected chi connectivity index (χ3v) is 5.86. The molecule has 19 heavy (non-hydrogen) atoms. The number of esters is 1. The van der Waals surface area contributed by atoms with Gasteiger partial charge in [0.25, 0.3) is 0 Å². The van der Waals surface area contributed by atoms with Crippen LogP contribution in [0.3, 0.4) is 0 Å². The Labute approximate surface area is 111 Å². The number of nitrogens with one attached hydrogen (secondary N) is 1. The molecule has 1 heterocycles. The van der Waals surface area contributed by atoms with E-state index < -0.39 is 15.8 Å². The van der Waals surface area contributed by atoms with E-state index in [1.807, 2.05) is 0 Å². The van der Waals surface area contributed by atoms with Crippen LogP contribution in [0.5, 0.6) is 0 Å². The molecule has 1 aromatic rings. The SMILES string of the molecule is COC(=O)c1cccc2c1NCC1(CC1)CS2(=O)=O. The first kappa shape index (κ1) is 12.5. The van der Waals surface area contributed by atoms with Crippen LogP contribution in [0.4, 0.5) is 5.69 Å². The van der Waals surface area contributed by atoms with Gasteiger partial charge in [-0.15, -0.1) is 0 Å². The predicted molar refractivity (Wildman–Crippen MR) is 70.0 cm³/mol. The molecule has 1 spiro atoms. The molecule has 1 N–H and O–H groups in total. The van der Waals surface area contributed by atoms with Gasteiger partial charge in [0.05, 0.1) is 29.0 Å². The van der Waals surface area contributed by atoms with E-state index in [0.29, 0.717) is 12.2 Å². The van der Waals surface area contributed by atoms with E-state index in [0.717, 1.165) is 12.8 Å². The lowest BCUT2D eigenvalue weighted by molar-refractivity contribution is 0.0601. The van der Waals surface area contributed by atoms with Gasteiger partial charge in [-0.05, 0) is 25.0 Å². The molecule has 0 saturated heterocycles. The van der Waals surface area contributed by atoms with Crippen LogP contribution < -0.4 is 5.32 Å². The molecule has 3 rings (SSSR count). The van der Waals surface area contributed by atoms with E-state index in [1.165, 1.54) is 7.11 Å². The average Bonchev–Trinajstić information content (AvgIpc) is 3.15. The molecule has 6 heteroatoms. The summed E-state index contributed by atoms with van der Waals surface area (Å²) in [4.78, 5) is 11.9. The average molecular weight is 281 g/mol. The van der Waals surface area contributed by atoms with Crippen LogP contribution in [0.25, 0.3) is 0 Å². The van der Waals surface area contributed by atoms with Crippen molar-refractivity contribution in [2.24, 2.45) is 5.41 Å². The number of benzene rings is 1. The fourth-order valence-electron chi connectivity index (χ4n) is 2.56. The van der Waals surface area contributed by atoms with Crippen molar-refractivity contribution in [2.75, 3.05) is 24.7 Å². The third-order valence-electron chi connectivity index (χ3n) is 3.86. The summed E-state index contributed by atoms with van der Waals surface area (Å²) in [6, 6.07) is 4.71. The molecular formula is C13H15NO4S. The number of carbonyl (C=O) groups is 1. The lowest BCUT2D eigenvalue weighted by Crippen LogP contribution is -2.20. The number of hydrogen-bond acceptors (Lipinski definition) is 5. The van der Waals surface area contributed by atoms with Gasteiger partial charge in [-0.25, -0.2) is 13.2 Å². The normalized spacial score (nSPS) is 21.9. The number of rotatable bonds is 1. The molecule has 0 unspecified atom stereocenters. The largest absolute Gasteiger partial charge is 0.465 e. The molecular weight excluding hydrogens is 266 g/mol. The minimum Gasteiger partial charge on any atom is -0.465 e. The Kier molecular flexibility index (Phi) is 2.60. The van der Waals surface area contributed by atoms with Crippen LogP contribution in [0.1, 0.15) is 23.2 Å². The van der Waals surface area contributed by atoms with Crippen molar-refractivity contribution < 1.29 is 17.9 Å². The van der Waals surface area contributed by atoms with Crippen molar-refractivity contribution in [1.82, 2.24) is 0 Å². The van der Waals surface area contributed by atoms with E-state index in [4.69, 9.17) is 4.74 Å². The number of ether oxygens (including phenoxy) is 1. The quantitative estimate of drug-likeness (QED) is 0.789. The zero-order valence-electron chi connectivity index (χ0n) is 10.6. The van der Waals surface area contributed by atoms with Crippen LogP contribution in [0.15, 0.2) is 23.1 Å². The van der Waals surface area contributed by atoms with Gasteiger partial charge < -0.3 is 10.1 Å². The molecule has 1 fully saturated rings. The Hall–Kier alpha value is -1.56. The summed E-state index contributed by atoms with van der Waals surface area (Å²) < 4.78 is 29.5. The fourth-order valence-corrected chi connectivity index (χ4v) is 4.69. The maximum atomic E-state index is 12.4. The minimum absolute atomic E-state index is 0.148. The summed E-state index contributed by atoms with van der Waals surface area (Å²) in [5, 5.41) is 3.14. The number of para-hydroxylation sites is 1. The number of anilines is 1. The summed E-state index contributed by atoms with van der Waals surface area (Å²) in [5.74, 6) is -0.365. The summed E-state index contributed by atoms with van der Waals surface area (Å²) >= 11 is 0. The van der Waals surface area contributed by atoms with Crippen molar-refractivity contribution >= 4 is 21.5 Å². The van der Waals surface area contributed by atoms with E-state index in [1.54, 1.807) is 18.2 Å². The van der Waals surface area contributed by atoms with Gasteiger partial charge in [-0.2, -0.15) is 0 Å². The van der Waals surface area contributed by atoms with Crippen molar-refractivity contribution in [1.29, 1.82) is 0 Å². The van der Waals surface area contributed by atoms with Crippen molar-refractivity contribution in [3.63, 3.8) is 0 Å². The molecule has 1 aromatic carbocycles. The summed E-state index contributed by atoms with van der Waals surface area (Å²) in [6.45, 7) is 0.591. The zero-order chi connectivity index (χ0) is 13.7. The van der Waals surface area contributed by atoms with Crippen LogP contribution >= 0.6 is 0 Å². The minimum atomic E-state index is -3.36. The molecule has 0 atom stereocenters. The molecule has 5 nitrogen and oxygen atoms in total. The second-order valence-corrected chi connectivity index (χ2v) is 7.24. The first-order chi connectivity index (χ1) is 8.97. The van der Waals surface area contributed by atoms with Crippen molar-refractivity contribution in [3.05, 3.63) is 23.8 Å². The Morgan fingerprint density at radius 2 is 2.11 bits per heavy atom. The summed E-state index contributed by atoms with van der Waals surface area (Å²) in [7, 11) is -2.07. The highest BCUT2D eigenvalue weighted by molar-refractivity contribution is 7.91. The fraction of sp³-hybridized carbons (Fsp3) is 0.462. The van der Waals surface area contributed by atoms with Gasteiger partial charge in [-0.1, -0.05) is 6.07 Å². The van der Waals surface area contributed by atoms with Gasteiger partial charge in [0.15, 0.2) is 9.84 Å². The zero-order valence-corrected chi connectivity index (χ0v) is 11.4. The number of carbonyl (C=O) groups excluding carboxylic acids is 1. The topological polar surface area (TPSA) is 72.5 Å². The number of sulfone groups is 1. The molecule has 1 aliphatic heterocycles. The summed E-state index contributed by atoms with van der Waals surface area (Å²) in [5.41, 5.74) is 0.519. The highest BCUT2D eigenvalue weighted by atomic mass is 32.2. The predicted octanol–water partition coefficient (Wildman–Crippen LogP) is 1.45. The lowest BCUT2D eigenvalue weighted by atomic mass is 10.1. The molecule has 102 valence electrons. The lowest BCUT2D eigenvalue weighted by Gasteiger charge is -2.12. The monoisotopic (exact) mass is 281 g/mol. The van der Waals surface area contributed by atoms with E-state index in [-0.39, 0.29) is 21.6 Å². The van der Waals surface area contributed by atoms with Gasteiger partial charge in [0, 0.05) is 12.0 Å². The van der Waals surface area contributed by atoms with Crippen molar-refractivity contribution in [2.45, 2.75) is 17.7 Å². The van der Waals surface area contributed by atoms with Gasteiger partial charge in [-0.3, -0.25) is 0 Å². The number of hydrogen-bond donors (Lipinski definition) is 1. The van der Waals surface area contributed by atoms with Crippen LogP contribution in [-0.2, 0) is 14.6 Å². The molecule has 1 saturated carbocycles. The maximum absolute atomic E-state index is 12.4. The third kappa shape index (κ3) is 2.00. The van der Waals surface area contributed by atoms with Gasteiger partial charge >= 0.3 is 5.97 Å². The smallest absolute Gasteiger partial charge is 0.340 e. The first-order valence-electron chi connectivity index (χ1n) is 6.15. The second kappa shape index (κ2) is 3.96. The number of fused-ring (bicyclic) bond motifs is 1. The van der Waals surface area contributed by atoms with Crippen LogP contribution in [0.2, 0.25) is 0 Å². The highest BCUT2D eigenvalue weighted by Crippen LogP contribution is 2.50. The Morgan fingerprint density at radius 1 is 1.37 bits per heavy atom. The first-order valence-corrected chi connectivity index (χ1v) is 7.81. The van der Waals surface area contributed by atoms with E-state index >= 15 is 0 Å². The second-order valence-electron chi connectivity index (χ2n) is 5.28. The van der Waals surface area contributed by atoms with Crippen LogP contribution in [-0.4, -0.2) is 33.8 Å². The van der Waals surface area contributed by atoms with Crippen LogP contribution in [0, 0.1) is 5.41 Å². The maximum Gasteiger partial charge on any atom is 0.340 e. The van der Waals surface area contributed by atoms with Gasteiger partial charge in [0.1, 0.15) is 0 Å². The van der Waals surface area contributed by atoms with E-state index in [9.17, 15) is 13.2 Å². The number of methoxy groups -OCH3 is 1. The van der Waals surface area contributed by atoms with Gasteiger partial charge in [0.2, 0.25) is 0 Å². The standard InChI is InChI=1S/C13H15NO4S/c1-18-12(15)9-3-2-4-10-11(9)14-7-13(5-6-13)8-19(10,16)17/h2-4,14H,5-8H2,1H3. The Balaban J connectivity index is 2.16. The summed E-state index contributed by atoms with van der Waals surface area (Å²) in [6.07, 6.45) is 1.83. The highest BCUT2D eigenvalue weighted by Gasteiger charge is 2.48. The van der Waals surface area contributed by atoms with E-state index in [2.05, 4.69) is 5.32 Å².